The van der Waals surface area contributed by atoms with Crippen LogP contribution in [0.1, 0.15) is 33.6 Å². The van der Waals surface area contributed by atoms with E-state index in [9.17, 15) is 4.79 Å². The van der Waals surface area contributed by atoms with Crippen LogP contribution < -0.4 is 11.1 Å². The van der Waals surface area contributed by atoms with Gasteiger partial charge in [0.1, 0.15) is 0 Å². The van der Waals surface area contributed by atoms with Crippen LogP contribution in [0.3, 0.4) is 0 Å². The number of hydrogen-bond acceptors (Lipinski definition) is 3. The molecule has 0 saturated carbocycles. The largest absolute Gasteiger partial charge is 0.409 e. The second-order valence-corrected chi connectivity index (χ2v) is 3.53. The molecule has 0 heterocycles. The molecule has 0 fully saturated rings. The van der Waals surface area contributed by atoms with Gasteiger partial charge in [-0.15, -0.1) is 0 Å². The predicted octanol–water partition coefficient (Wildman–Crippen LogP) is 0.674. The van der Waals surface area contributed by atoms with Gasteiger partial charge < -0.3 is 16.3 Å². The summed E-state index contributed by atoms with van der Waals surface area (Å²) in [6, 6.07) is 0.0633. The van der Waals surface area contributed by atoms with Gasteiger partial charge in [-0.25, -0.2) is 0 Å². The van der Waals surface area contributed by atoms with Gasteiger partial charge in [0.15, 0.2) is 5.84 Å². The van der Waals surface area contributed by atoms with Crippen molar-refractivity contribution in [1.82, 2.24) is 5.32 Å². The Morgan fingerprint density at radius 1 is 1.57 bits per heavy atom. The van der Waals surface area contributed by atoms with Gasteiger partial charge in [0.2, 0.25) is 5.91 Å². The zero-order valence-corrected chi connectivity index (χ0v) is 8.95. The molecule has 0 bridgehead atoms. The van der Waals surface area contributed by atoms with E-state index in [0.717, 1.165) is 6.42 Å². The van der Waals surface area contributed by atoms with Crippen LogP contribution in [0, 0.1) is 5.92 Å². The van der Waals surface area contributed by atoms with E-state index in [1.807, 2.05) is 20.8 Å². The minimum absolute atomic E-state index is 0.0231. The summed E-state index contributed by atoms with van der Waals surface area (Å²) in [7, 11) is 0. The van der Waals surface area contributed by atoms with Crippen molar-refractivity contribution in [3.8, 4) is 0 Å². The lowest BCUT2D eigenvalue weighted by molar-refractivity contribution is -0.123. The van der Waals surface area contributed by atoms with Gasteiger partial charge in [-0.2, -0.15) is 0 Å². The summed E-state index contributed by atoms with van der Waals surface area (Å²) in [6.07, 6.45) is 1.40. The van der Waals surface area contributed by atoms with E-state index in [-0.39, 0.29) is 17.8 Å². The van der Waals surface area contributed by atoms with Crippen LogP contribution in [0.15, 0.2) is 5.16 Å². The third-order valence-corrected chi connectivity index (χ3v) is 1.80. The number of rotatable bonds is 5. The maximum atomic E-state index is 11.6. The molecule has 1 atom stereocenters. The Morgan fingerprint density at radius 3 is 2.50 bits per heavy atom. The first-order valence-corrected chi connectivity index (χ1v) is 4.80. The van der Waals surface area contributed by atoms with Crippen molar-refractivity contribution < 1.29 is 10.0 Å². The van der Waals surface area contributed by atoms with Gasteiger partial charge in [-0.05, 0) is 20.3 Å². The predicted molar refractivity (Wildman–Crippen MR) is 55.1 cm³/mol. The zero-order valence-electron chi connectivity index (χ0n) is 8.95. The SMILES string of the molecule is CCCC(C(=O)NC(C)C)C(N)=NO. The van der Waals surface area contributed by atoms with E-state index in [1.54, 1.807) is 0 Å². The lowest BCUT2D eigenvalue weighted by Crippen LogP contribution is -2.41. The van der Waals surface area contributed by atoms with Crippen LogP contribution in [0.5, 0.6) is 0 Å². The molecule has 0 rings (SSSR count). The molecule has 1 unspecified atom stereocenters. The first-order chi connectivity index (χ1) is 6.52. The average Bonchev–Trinajstić information content (AvgIpc) is 2.11. The van der Waals surface area contributed by atoms with Crippen LogP contribution in [-0.4, -0.2) is 23.0 Å². The Kier molecular flexibility index (Phi) is 5.67. The van der Waals surface area contributed by atoms with Crippen molar-refractivity contribution >= 4 is 11.7 Å². The Hall–Kier alpha value is -1.26. The second-order valence-electron chi connectivity index (χ2n) is 3.53. The highest BCUT2D eigenvalue weighted by Crippen LogP contribution is 2.07. The van der Waals surface area contributed by atoms with Crippen molar-refractivity contribution in [1.29, 1.82) is 0 Å². The second kappa shape index (κ2) is 6.23. The lowest BCUT2D eigenvalue weighted by atomic mass is 10.0. The number of nitrogens with zero attached hydrogens (tertiary/aromatic N) is 1. The van der Waals surface area contributed by atoms with Crippen LogP contribution in [0.25, 0.3) is 0 Å². The van der Waals surface area contributed by atoms with Gasteiger partial charge in [-0.3, -0.25) is 4.79 Å². The van der Waals surface area contributed by atoms with E-state index < -0.39 is 5.92 Å². The fourth-order valence-electron chi connectivity index (χ4n) is 1.16. The summed E-state index contributed by atoms with van der Waals surface area (Å²) in [5, 5.41) is 14.1. The molecule has 0 aromatic rings. The average molecular weight is 201 g/mol. The van der Waals surface area contributed by atoms with Gasteiger partial charge in [0, 0.05) is 6.04 Å². The minimum atomic E-state index is -0.521. The molecule has 0 aliphatic carbocycles. The molecule has 0 aliphatic heterocycles. The Morgan fingerprint density at radius 2 is 2.14 bits per heavy atom. The Bertz CT molecular complexity index is 214. The molecule has 5 nitrogen and oxygen atoms in total. The van der Waals surface area contributed by atoms with E-state index in [2.05, 4.69) is 10.5 Å². The number of amides is 1. The number of oxime groups is 1. The topological polar surface area (TPSA) is 87.7 Å². The van der Waals surface area contributed by atoms with Crippen LogP contribution in [0.2, 0.25) is 0 Å². The molecule has 0 aliphatic rings. The van der Waals surface area contributed by atoms with Crippen LogP contribution in [-0.2, 0) is 4.79 Å². The summed E-state index contributed by atoms with van der Waals surface area (Å²) < 4.78 is 0. The highest BCUT2D eigenvalue weighted by Gasteiger charge is 2.22. The van der Waals surface area contributed by atoms with E-state index in [1.165, 1.54) is 0 Å². The maximum absolute atomic E-state index is 11.6. The number of nitrogens with one attached hydrogen (secondary N) is 1. The smallest absolute Gasteiger partial charge is 0.231 e. The molecule has 5 heteroatoms. The summed E-state index contributed by atoms with van der Waals surface area (Å²) in [5.41, 5.74) is 5.42. The van der Waals surface area contributed by atoms with E-state index >= 15 is 0 Å². The molecule has 82 valence electrons. The van der Waals surface area contributed by atoms with Gasteiger partial charge in [0.05, 0.1) is 5.92 Å². The van der Waals surface area contributed by atoms with Gasteiger partial charge in [-0.1, -0.05) is 18.5 Å². The van der Waals surface area contributed by atoms with Crippen molar-refractivity contribution in [3.63, 3.8) is 0 Å². The molecule has 1 amide bonds. The van der Waals surface area contributed by atoms with Crippen LogP contribution in [0.4, 0.5) is 0 Å². The number of amidine groups is 1. The molecule has 14 heavy (non-hydrogen) atoms. The maximum Gasteiger partial charge on any atom is 0.231 e. The normalized spacial score (nSPS) is 14.1. The lowest BCUT2D eigenvalue weighted by Gasteiger charge is -2.16. The zero-order chi connectivity index (χ0) is 11.1. The molecule has 0 aromatic heterocycles. The van der Waals surface area contributed by atoms with Crippen molar-refractivity contribution in [2.75, 3.05) is 0 Å². The Balaban J connectivity index is 4.41. The van der Waals surface area contributed by atoms with Gasteiger partial charge in [0.25, 0.3) is 0 Å². The summed E-state index contributed by atoms with van der Waals surface area (Å²) in [6.45, 7) is 5.68. The quantitative estimate of drug-likeness (QED) is 0.264. The van der Waals surface area contributed by atoms with Crippen molar-refractivity contribution in [2.45, 2.75) is 39.7 Å². The Labute approximate surface area is 84.4 Å². The third-order valence-electron chi connectivity index (χ3n) is 1.80. The molecule has 0 saturated heterocycles. The highest BCUT2D eigenvalue weighted by molar-refractivity contribution is 6.02. The fourth-order valence-corrected chi connectivity index (χ4v) is 1.16. The molecule has 0 aromatic carbocycles. The first kappa shape index (κ1) is 12.7. The molecule has 0 radical (unpaired) electrons. The standard InChI is InChI=1S/C9H19N3O2/c1-4-5-7(8(10)12-14)9(13)11-6(2)3/h6-7,14H,4-5H2,1-3H3,(H2,10,12)(H,11,13). The highest BCUT2D eigenvalue weighted by atomic mass is 16.4. The minimum Gasteiger partial charge on any atom is -0.409 e. The van der Waals surface area contributed by atoms with E-state index in [4.69, 9.17) is 10.9 Å². The molecule has 0 spiro atoms. The number of carbonyl (C=O) groups excluding carboxylic acids is 1. The third kappa shape index (κ3) is 4.11. The monoisotopic (exact) mass is 201 g/mol. The molecular weight excluding hydrogens is 182 g/mol. The van der Waals surface area contributed by atoms with Crippen molar-refractivity contribution in [2.24, 2.45) is 16.8 Å². The van der Waals surface area contributed by atoms with Crippen LogP contribution >= 0.6 is 0 Å². The number of hydrogen-bond donors (Lipinski definition) is 3. The fraction of sp³-hybridized carbons (Fsp3) is 0.778. The molecule has 4 N–H and O–H groups in total. The molecular formula is C9H19N3O2. The number of nitrogens with two attached hydrogens (primary N) is 1. The van der Waals surface area contributed by atoms with Crippen molar-refractivity contribution in [3.05, 3.63) is 0 Å². The summed E-state index contributed by atoms with van der Waals surface area (Å²) in [5.74, 6) is -0.727. The number of carbonyl (C=O) groups is 1. The summed E-state index contributed by atoms with van der Waals surface area (Å²) in [4.78, 5) is 11.6. The van der Waals surface area contributed by atoms with Gasteiger partial charge >= 0.3 is 0 Å². The first-order valence-electron chi connectivity index (χ1n) is 4.80. The summed E-state index contributed by atoms with van der Waals surface area (Å²) >= 11 is 0. The van der Waals surface area contributed by atoms with E-state index in [0.29, 0.717) is 6.42 Å².